The van der Waals surface area contributed by atoms with Crippen molar-refractivity contribution >= 4 is 27.6 Å². The predicted octanol–water partition coefficient (Wildman–Crippen LogP) is 1.22. The highest BCUT2D eigenvalue weighted by Gasteiger charge is 2.09. The number of rotatable bonds is 2. The molecule has 5 nitrogen and oxygen atoms in total. The fourth-order valence-electron chi connectivity index (χ4n) is 0.926. The van der Waals surface area contributed by atoms with Crippen molar-refractivity contribution in [3.8, 4) is 5.75 Å². The first-order valence-corrected chi connectivity index (χ1v) is 4.53. The molecule has 76 valence electrons. The predicted molar refractivity (Wildman–Crippen MR) is 56.9 cm³/mol. The number of anilines is 1. The maximum absolute atomic E-state index is 10.8. The fourth-order valence-corrected chi connectivity index (χ4v) is 1.33. The molecule has 6 heteroatoms. The smallest absolute Gasteiger partial charge is 0.333 e. The van der Waals surface area contributed by atoms with E-state index in [9.17, 15) is 4.79 Å². The first-order valence-electron chi connectivity index (χ1n) is 3.74. The molecule has 0 fully saturated rings. The average Bonchev–Trinajstić information content (AvgIpc) is 2.17. The van der Waals surface area contributed by atoms with Crippen LogP contribution in [0.25, 0.3) is 0 Å². The van der Waals surface area contributed by atoms with Crippen LogP contribution in [0.3, 0.4) is 0 Å². The Labute approximate surface area is 89.7 Å². The highest BCUT2D eigenvalue weighted by molar-refractivity contribution is 9.10. The molecule has 0 bridgehead atoms. The molecule has 0 atom stereocenters. The number of hydrazine groups is 1. The number of halogens is 1. The molecule has 1 aromatic rings. The summed E-state index contributed by atoms with van der Waals surface area (Å²) in [4.78, 5) is 10.8. The van der Waals surface area contributed by atoms with Crippen LogP contribution in [0.1, 0.15) is 0 Å². The molecule has 0 aliphatic rings. The molecule has 0 heterocycles. The van der Waals surface area contributed by atoms with Crippen molar-refractivity contribution in [2.45, 2.75) is 0 Å². The van der Waals surface area contributed by atoms with Crippen LogP contribution >= 0.6 is 15.9 Å². The summed E-state index contributed by atoms with van der Waals surface area (Å²) < 4.78 is 5.81. The van der Waals surface area contributed by atoms with Crippen LogP contribution in [0.2, 0.25) is 0 Å². The number of nitrogens with zero attached hydrogens (tertiary/aromatic N) is 1. The Morgan fingerprint density at radius 2 is 2.21 bits per heavy atom. The van der Waals surface area contributed by atoms with Crippen molar-refractivity contribution in [3.05, 3.63) is 22.7 Å². The van der Waals surface area contributed by atoms with Crippen LogP contribution in [0.4, 0.5) is 10.5 Å². The van der Waals surface area contributed by atoms with Gasteiger partial charge in [0.15, 0.2) is 0 Å². The monoisotopic (exact) mass is 259 g/mol. The van der Waals surface area contributed by atoms with Crippen molar-refractivity contribution in [2.24, 2.45) is 11.6 Å². The molecule has 0 radical (unpaired) electrons. The molecule has 1 rings (SSSR count). The van der Waals surface area contributed by atoms with Gasteiger partial charge in [0.25, 0.3) is 0 Å². The van der Waals surface area contributed by atoms with E-state index in [1.165, 1.54) is 7.11 Å². The Morgan fingerprint density at radius 3 is 2.71 bits per heavy atom. The van der Waals surface area contributed by atoms with E-state index in [4.69, 9.17) is 16.3 Å². The third kappa shape index (κ3) is 2.15. The van der Waals surface area contributed by atoms with Crippen molar-refractivity contribution in [3.63, 3.8) is 0 Å². The molecule has 14 heavy (non-hydrogen) atoms. The number of primary amides is 1. The van der Waals surface area contributed by atoms with E-state index in [1.807, 2.05) is 0 Å². The zero-order valence-electron chi connectivity index (χ0n) is 7.53. The molecule has 2 amide bonds. The van der Waals surface area contributed by atoms with Gasteiger partial charge in [0, 0.05) is 6.07 Å². The Kier molecular flexibility index (Phi) is 3.32. The fraction of sp³-hybridized carbons (Fsp3) is 0.125. The van der Waals surface area contributed by atoms with E-state index >= 15 is 0 Å². The first-order chi connectivity index (χ1) is 6.56. The molecule has 0 saturated heterocycles. The van der Waals surface area contributed by atoms with Gasteiger partial charge in [-0.1, -0.05) is 0 Å². The summed E-state index contributed by atoms with van der Waals surface area (Å²) in [6, 6.07) is 4.25. The molecule has 0 spiro atoms. The molecular formula is C8H10BrN3O2. The summed E-state index contributed by atoms with van der Waals surface area (Å²) in [5, 5.41) is 0.842. The maximum atomic E-state index is 10.8. The molecule has 0 aliphatic carbocycles. The Bertz CT molecular complexity index is 356. The highest BCUT2D eigenvalue weighted by Crippen LogP contribution is 2.28. The van der Waals surface area contributed by atoms with E-state index in [1.54, 1.807) is 18.2 Å². The van der Waals surface area contributed by atoms with E-state index < -0.39 is 6.03 Å². The second-order valence-electron chi connectivity index (χ2n) is 2.53. The van der Waals surface area contributed by atoms with Gasteiger partial charge in [-0.25, -0.2) is 15.6 Å². The number of ether oxygens (including phenoxy) is 1. The third-order valence-electron chi connectivity index (χ3n) is 1.65. The van der Waals surface area contributed by atoms with Gasteiger partial charge < -0.3 is 10.5 Å². The van der Waals surface area contributed by atoms with Crippen LogP contribution in [0.5, 0.6) is 5.75 Å². The minimum Gasteiger partial charge on any atom is -0.495 e. The van der Waals surface area contributed by atoms with Crippen molar-refractivity contribution in [2.75, 3.05) is 12.1 Å². The summed E-state index contributed by atoms with van der Waals surface area (Å²) in [7, 11) is 1.52. The highest BCUT2D eigenvalue weighted by atomic mass is 79.9. The minimum atomic E-state index is -0.727. The largest absolute Gasteiger partial charge is 0.495 e. The first kappa shape index (κ1) is 10.8. The number of methoxy groups -OCH3 is 1. The minimum absolute atomic E-state index is 0.470. The van der Waals surface area contributed by atoms with E-state index in [2.05, 4.69) is 15.9 Å². The third-order valence-corrected chi connectivity index (χ3v) is 2.31. The molecule has 4 N–H and O–H groups in total. The second kappa shape index (κ2) is 4.30. The van der Waals surface area contributed by atoms with Gasteiger partial charge in [0.05, 0.1) is 17.3 Å². The van der Waals surface area contributed by atoms with Gasteiger partial charge in [-0.3, -0.25) is 0 Å². The van der Waals surface area contributed by atoms with Crippen molar-refractivity contribution in [1.29, 1.82) is 0 Å². The number of carbonyl (C=O) groups is 1. The van der Waals surface area contributed by atoms with E-state index in [0.717, 1.165) is 9.48 Å². The zero-order chi connectivity index (χ0) is 10.7. The van der Waals surface area contributed by atoms with Gasteiger partial charge in [0.1, 0.15) is 5.75 Å². The van der Waals surface area contributed by atoms with Crippen LogP contribution < -0.4 is 21.3 Å². The number of amides is 2. The van der Waals surface area contributed by atoms with Crippen molar-refractivity contribution < 1.29 is 9.53 Å². The average molecular weight is 260 g/mol. The lowest BCUT2D eigenvalue weighted by Crippen LogP contribution is -2.41. The van der Waals surface area contributed by atoms with Gasteiger partial charge >= 0.3 is 6.03 Å². The van der Waals surface area contributed by atoms with Crippen molar-refractivity contribution in [1.82, 2.24) is 0 Å². The quantitative estimate of drug-likeness (QED) is 0.476. The van der Waals surface area contributed by atoms with Gasteiger partial charge in [0.2, 0.25) is 0 Å². The number of hydrogen-bond acceptors (Lipinski definition) is 3. The summed E-state index contributed by atoms with van der Waals surface area (Å²) in [5.74, 6) is 5.98. The van der Waals surface area contributed by atoms with E-state index in [-0.39, 0.29) is 0 Å². The van der Waals surface area contributed by atoms with Gasteiger partial charge in [-0.05, 0) is 28.1 Å². The van der Waals surface area contributed by atoms with E-state index in [0.29, 0.717) is 11.4 Å². The van der Waals surface area contributed by atoms with Crippen LogP contribution in [-0.4, -0.2) is 13.1 Å². The van der Waals surface area contributed by atoms with Crippen LogP contribution in [0, 0.1) is 0 Å². The zero-order valence-corrected chi connectivity index (χ0v) is 9.11. The molecule has 0 aliphatic heterocycles. The molecule has 0 unspecified atom stereocenters. The lowest BCUT2D eigenvalue weighted by Gasteiger charge is -2.14. The number of urea groups is 1. The van der Waals surface area contributed by atoms with Crippen LogP contribution in [0.15, 0.2) is 22.7 Å². The Morgan fingerprint density at radius 1 is 1.57 bits per heavy atom. The Balaban J connectivity index is 3.06. The maximum Gasteiger partial charge on any atom is 0.333 e. The summed E-state index contributed by atoms with van der Waals surface area (Å²) in [5.41, 5.74) is 5.48. The summed E-state index contributed by atoms with van der Waals surface area (Å²) in [6.45, 7) is 0. The molecule has 0 aromatic heterocycles. The Hall–Kier alpha value is -1.27. The molecule has 1 aromatic carbocycles. The lowest BCUT2D eigenvalue weighted by atomic mass is 10.3. The lowest BCUT2D eigenvalue weighted by molar-refractivity contribution is 0.254. The number of benzene rings is 1. The van der Waals surface area contributed by atoms with Crippen LogP contribution in [-0.2, 0) is 0 Å². The number of nitrogens with two attached hydrogens (primary N) is 2. The normalized spacial score (nSPS) is 9.64. The standard InChI is InChI=1S/C8H10BrN3O2/c1-14-7-4-5(2-3-6(7)9)12(11)8(10)13/h2-4H,11H2,1H3,(H2,10,13). The summed E-state index contributed by atoms with van der Waals surface area (Å²) in [6.07, 6.45) is 0. The summed E-state index contributed by atoms with van der Waals surface area (Å²) >= 11 is 3.28. The SMILES string of the molecule is COc1cc(N(N)C(N)=O)ccc1Br. The molecular weight excluding hydrogens is 250 g/mol. The number of hydrogen-bond donors (Lipinski definition) is 2. The topological polar surface area (TPSA) is 81.6 Å². The van der Waals surface area contributed by atoms with Gasteiger partial charge in [-0.2, -0.15) is 0 Å². The number of carbonyl (C=O) groups excluding carboxylic acids is 1. The van der Waals surface area contributed by atoms with Gasteiger partial charge in [-0.15, -0.1) is 0 Å². The second-order valence-corrected chi connectivity index (χ2v) is 3.38. The molecule has 0 saturated carbocycles.